The van der Waals surface area contributed by atoms with Gasteiger partial charge in [0, 0.05) is 34.6 Å². The van der Waals surface area contributed by atoms with Crippen LogP contribution in [0.3, 0.4) is 0 Å². The van der Waals surface area contributed by atoms with Crippen molar-refractivity contribution >= 4 is 6.09 Å². The van der Waals surface area contributed by atoms with Crippen molar-refractivity contribution in [1.29, 1.82) is 0 Å². The normalized spacial score (nSPS) is 65.4. The molecule has 94 valence electrons. The third-order valence-corrected chi connectivity index (χ3v) is 1.29. The van der Waals surface area contributed by atoms with Crippen LogP contribution in [0.25, 0.3) is 0 Å². The molecule has 0 aromatic rings. The summed E-state index contributed by atoms with van der Waals surface area (Å²) >= 11 is 0. The minimum atomic E-state index is -4.32. The molecule has 5 nitrogen and oxygen atoms in total. The zero-order chi connectivity index (χ0) is 28.6. The van der Waals surface area contributed by atoms with Gasteiger partial charge in [0.2, 0.25) is 0 Å². The molecular formula is C11H22N2O3. The summed E-state index contributed by atoms with van der Waals surface area (Å²) in [7, 11) is -3.85. The molecule has 1 fully saturated rings. The van der Waals surface area contributed by atoms with Gasteiger partial charge in [0.15, 0.2) is 0 Å². The maximum Gasteiger partial charge on any atom is 0.410 e. The molecule has 1 aliphatic heterocycles. The highest BCUT2D eigenvalue weighted by Crippen LogP contribution is 2.16. The van der Waals surface area contributed by atoms with E-state index in [0.717, 1.165) is 0 Å². The lowest BCUT2D eigenvalue weighted by Crippen LogP contribution is -2.53. The van der Waals surface area contributed by atoms with Crippen molar-refractivity contribution in [3.63, 3.8) is 0 Å². The number of nitrogens with zero attached hydrogens (tertiary/aromatic N) is 1. The van der Waals surface area contributed by atoms with Gasteiger partial charge in [0.1, 0.15) is 8.42 Å². The number of carbonyl (C=O) groups is 1. The maximum absolute atomic E-state index is 13.0. The fourth-order valence-electron chi connectivity index (χ4n) is 0.731. The number of hydrogen-bond acceptors (Lipinski definition) is 4. The fourth-order valence-corrected chi connectivity index (χ4v) is 0.731. The molecule has 1 amide bonds. The van der Waals surface area contributed by atoms with Crippen molar-refractivity contribution in [3.05, 3.63) is 0 Å². The Bertz CT molecular complexity index is 819. The van der Waals surface area contributed by atoms with Crippen molar-refractivity contribution in [2.24, 2.45) is 5.72 Å². The average Bonchev–Trinajstić information content (AvgIpc) is 2.55. The first kappa shape index (κ1) is 2.62. The van der Waals surface area contributed by atoms with E-state index in [1.165, 1.54) is 0 Å². The van der Waals surface area contributed by atoms with E-state index in [-0.39, 0.29) is 0 Å². The first-order valence-corrected chi connectivity index (χ1v) is 3.92. The molecule has 2 unspecified atom stereocenters. The SMILES string of the molecule is [2H]N([2H])C1([2H])C([2H])([2H])C([2H])([2H])N(C(=O)OC(C)(C([2H])([2H])[2H])C([2H])([2H])[2H])C([2H])([2H])C1([2H])OC([2H])([2H])[2H]. The molecule has 0 bridgehead atoms. The number of methoxy groups -OCH3 is 1. The van der Waals surface area contributed by atoms with Gasteiger partial charge in [-0.15, -0.1) is 0 Å². The quantitative estimate of drug-likeness (QED) is 0.792. The van der Waals surface area contributed by atoms with E-state index < -0.39 is 74.5 Å². The predicted molar refractivity (Wildman–Crippen MR) is 61.2 cm³/mol. The molecule has 2 atom stereocenters. The van der Waals surface area contributed by atoms with Crippen LogP contribution in [-0.4, -0.2) is 48.7 Å². The highest BCUT2D eigenvalue weighted by Gasteiger charge is 2.31. The lowest BCUT2D eigenvalue weighted by molar-refractivity contribution is -0.0126. The fraction of sp³-hybridized carbons (Fsp3) is 0.909. The minimum absolute atomic E-state index is 0.381. The maximum atomic E-state index is 13.0. The molecule has 0 saturated carbocycles. The average molecular weight is 249 g/mol. The van der Waals surface area contributed by atoms with E-state index in [1.807, 2.05) is 0 Å². The number of nitrogens with two attached hydrogens (primary N) is 1. The summed E-state index contributed by atoms with van der Waals surface area (Å²) < 4.78 is 155. The Morgan fingerprint density at radius 3 is 3.25 bits per heavy atom. The molecule has 1 rings (SSSR count). The smallest absolute Gasteiger partial charge is 0.410 e. The van der Waals surface area contributed by atoms with Crippen LogP contribution in [0.15, 0.2) is 0 Å². The molecule has 2 N–H and O–H groups in total. The standard InChI is InChI=1S/C11H22N2O3/c1-11(2,3)16-10(14)13-6-5-8(12)9(7-13)15-4/h8-9H,5-7,12H2,1-4H3/i1D3,2D3,4D3,5D2,6D2,7D2,8D,9D/hD2. The molecular weight excluding hydrogens is 208 g/mol. The second-order valence-electron chi connectivity index (χ2n) is 2.87. The third kappa shape index (κ3) is 3.64. The summed E-state index contributed by atoms with van der Waals surface area (Å²) in [5.41, 5.74) is -4.46. The highest BCUT2D eigenvalue weighted by molar-refractivity contribution is 5.68. The lowest BCUT2D eigenvalue weighted by Gasteiger charge is -2.36. The Labute approximate surface area is 124 Å². The number of hydrogen-bond donors (Lipinski definition) is 1. The Balaban J connectivity index is 4.00. The zero-order valence-corrected chi connectivity index (χ0v) is 8.12. The topological polar surface area (TPSA) is 64.8 Å². The van der Waals surface area contributed by atoms with Crippen LogP contribution < -0.4 is 5.72 Å². The van der Waals surface area contributed by atoms with Crippen molar-refractivity contribution in [2.75, 3.05) is 20.0 Å². The molecule has 5 heteroatoms. The van der Waals surface area contributed by atoms with Crippen LogP contribution in [0.5, 0.6) is 0 Å². The van der Waals surface area contributed by atoms with Crippen LogP contribution in [0.4, 0.5) is 4.79 Å². The summed E-state index contributed by atoms with van der Waals surface area (Å²) in [6.07, 6.45) is -11.0. The molecule has 0 aromatic heterocycles. The second kappa shape index (κ2) is 5.01. The second-order valence-corrected chi connectivity index (χ2v) is 2.87. The van der Waals surface area contributed by atoms with Gasteiger partial charge in [0.25, 0.3) is 0 Å². The third-order valence-electron chi connectivity index (χ3n) is 1.29. The number of amides is 1. The predicted octanol–water partition coefficient (Wildman–Crippen LogP) is 0.969. The van der Waals surface area contributed by atoms with Gasteiger partial charge in [0.05, 0.1) is 20.8 Å². The lowest BCUT2D eigenvalue weighted by atomic mass is 10.0. The van der Waals surface area contributed by atoms with Gasteiger partial charge >= 0.3 is 6.09 Å². The Morgan fingerprint density at radius 1 is 1.81 bits per heavy atom. The van der Waals surface area contributed by atoms with Crippen LogP contribution in [0.2, 0.25) is 2.82 Å². The first-order valence-electron chi connectivity index (χ1n) is 13.3. The van der Waals surface area contributed by atoms with E-state index in [0.29, 0.717) is 6.92 Å². The summed E-state index contributed by atoms with van der Waals surface area (Å²) in [6, 6.07) is -4.17. The minimum Gasteiger partial charge on any atom is -0.444 e. The van der Waals surface area contributed by atoms with E-state index in [4.69, 9.17) is 26.1 Å². The monoisotopic (exact) mass is 249 g/mol. The first-order chi connectivity index (χ1) is 14.9. The molecule has 1 saturated heterocycles. The van der Waals surface area contributed by atoms with Crippen LogP contribution in [-0.2, 0) is 9.47 Å². The molecule has 0 aromatic carbocycles. The zero-order valence-electron chi connectivity index (χ0n) is 27.1. The number of carbonyl (C=O) groups excluding carboxylic acids is 1. The van der Waals surface area contributed by atoms with Gasteiger partial charge in [-0.05, 0) is 27.0 Å². The Kier molecular flexibility index (Phi) is 0.820. The van der Waals surface area contributed by atoms with E-state index in [2.05, 4.69) is 9.47 Å². The molecule has 0 spiro atoms. The van der Waals surface area contributed by atoms with Crippen molar-refractivity contribution < 1.29 is 40.4 Å². The largest absolute Gasteiger partial charge is 0.444 e. The van der Waals surface area contributed by atoms with Crippen molar-refractivity contribution in [2.45, 2.75) is 44.7 Å². The summed E-state index contributed by atoms with van der Waals surface area (Å²) in [6.45, 7) is -15.4. The van der Waals surface area contributed by atoms with E-state index in [9.17, 15) is 4.79 Å². The van der Waals surface area contributed by atoms with E-state index >= 15 is 0 Å². The van der Waals surface area contributed by atoms with Crippen molar-refractivity contribution in [1.82, 2.24) is 4.90 Å². The number of rotatable bonds is 2. The van der Waals surface area contributed by atoms with Crippen molar-refractivity contribution in [3.8, 4) is 0 Å². The summed E-state index contributed by atoms with van der Waals surface area (Å²) in [5.74, 6) is 0. The molecule has 1 heterocycles. The molecule has 0 aliphatic carbocycles. The number of ether oxygens (including phenoxy) is 2. The molecule has 16 heavy (non-hydrogen) atoms. The Morgan fingerprint density at radius 2 is 2.62 bits per heavy atom. The summed E-state index contributed by atoms with van der Waals surface area (Å²) in [5, 5.41) is 0. The van der Waals surface area contributed by atoms with E-state index in [1.54, 1.807) is 0 Å². The van der Waals surface area contributed by atoms with Gasteiger partial charge in [-0.25, -0.2) is 4.79 Å². The number of piperidine rings is 1. The van der Waals surface area contributed by atoms with Gasteiger partial charge < -0.3 is 20.1 Å². The van der Waals surface area contributed by atoms with Crippen LogP contribution >= 0.6 is 0 Å². The molecule has 1 aliphatic rings. The van der Waals surface area contributed by atoms with Gasteiger partial charge in [-0.3, -0.25) is 0 Å². The van der Waals surface area contributed by atoms with Crippen LogP contribution in [0.1, 0.15) is 50.3 Å². The van der Waals surface area contributed by atoms with Gasteiger partial charge in [-0.2, -0.15) is 0 Å². The van der Waals surface area contributed by atoms with Crippen LogP contribution in [0, 0.1) is 0 Å². The highest BCUT2D eigenvalue weighted by atomic mass is 16.6. The number of likely N-dealkylation sites (tertiary alicyclic amines) is 1. The Hall–Kier alpha value is -0.810. The summed E-state index contributed by atoms with van der Waals surface area (Å²) in [4.78, 5) is 12.0. The van der Waals surface area contributed by atoms with Gasteiger partial charge in [-0.1, -0.05) is 0 Å². The molecule has 0 radical (unpaired) electrons.